The van der Waals surface area contributed by atoms with Crippen molar-refractivity contribution in [2.75, 3.05) is 19.8 Å². The van der Waals surface area contributed by atoms with Gasteiger partial charge in [0.25, 0.3) is 0 Å². The molecule has 2 saturated carbocycles. The summed E-state index contributed by atoms with van der Waals surface area (Å²) in [7, 11) is 0. The predicted molar refractivity (Wildman–Crippen MR) is 138 cm³/mol. The number of ether oxygens (including phenoxy) is 2. The Morgan fingerprint density at radius 1 is 1.06 bits per heavy atom. The molecule has 0 aliphatic heterocycles. The van der Waals surface area contributed by atoms with Gasteiger partial charge >= 0.3 is 0 Å². The van der Waals surface area contributed by atoms with Crippen LogP contribution in [0.3, 0.4) is 0 Å². The number of fused-ring (bicyclic) bond motifs is 4. The SMILES string of the molecule is CCOC[C@]1(OCC)CC[C@H]2[C@@H]3CCC4=C(c5ccccc5/C=N\O)C(=O)CCC4=C3CC[C@@]21C. The molecule has 5 nitrogen and oxygen atoms in total. The predicted octanol–water partition coefficient (Wildman–Crippen LogP) is 6.34. The zero-order valence-corrected chi connectivity index (χ0v) is 21.4. The van der Waals surface area contributed by atoms with Crippen LogP contribution in [0.25, 0.3) is 5.57 Å². The molecule has 4 atom stereocenters. The zero-order chi connectivity index (χ0) is 24.6. The second-order valence-corrected chi connectivity index (χ2v) is 10.9. The van der Waals surface area contributed by atoms with E-state index in [4.69, 9.17) is 9.47 Å². The Kier molecular flexibility index (Phi) is 6.75. The maximum Gasteiger partial charge on any atom is 0.164 e. The van der Waals surface area contributed by atoms with Crippen LogP contribution >= 0.6 is 0 Å². The number of benzene rings is 1. The van der Waals surface area contributed by atoms with E-state index in [1.807, 2.05) is 24.3 Å². The summed E-state index contributed by atoms with van der Waals surface area (Å²) in [6.45, 7) is 8.78. The summed E-state index contributed by atoms with van der Waals surface area (Å²) in [5, 5.41) is 12.4. The molecule has 35 heavy (non-hydrogen) atoms. The highest BCUT2D eigenvalue weighted by atomic mass is 16.5. The Morgan fingerprint density at radius 2 is 1.89 bits per heavy atom. The monoisotopic (exact) mass is 477 g/mol. The Morgan fingerprint density at radius 3 is 2.66 bits per heavy atom. The fraction of sp³-hybridized carbons (Fsp3) is 0.600. The number of allylic oxidation sites excluding steroid dienone is 4. The van der Waals surface area contributed by atoms with Crippen molar-refractivity contribution < 1.29 is 19.5 Å². The maximum atomic E-state index is 13.2. The van der Waals surface area contributed by atoms with Crippen LogP contribution in [0.15, 0.2) is 46.1 Å². The number of Topliss-reactive ketones (excluding diaryl/α,β-unsaturated/α-hetero) is 1. The molecule has 1 aromatic carbocycles. The topological polar surface area (TPSA) is 68.1 Å². The molecule has 0 amide bonds. The van der Waals surface area contributed by atoms with Crippen LogP contribution in [-0.2, 0) is 14.3 Å². The van der Waals surface area contributed by atoms with Crippen molar-refractivity contribution in [2.24, 2.45) is 22.4 Å². The standard InChI is InChI=1S/C30H39NO4/c1-4-34-19-30(35-5-2)17-15-26-24-10-11-25-22(23(24)14-16-29(26,30)3)12-13-27(32)28(25)21-9-7-6-8-20(21)18-31-33/h6-9,18,24,26,33H,4-5,10-17,19H2,1-3H3/b31-18-/t24-,26+,29+,30-/m1/s1. The molecule has 0 radical (unpaired) electrons. The lowest BCUT2D eigenvalue weighted by atomic mass is 9.54. The minimum atomic E-state index is -0.189. The van der Waals surface area contributed by atoms with Crippen LogP contribution in [0.5, 0.6) is 0 Å². The summed E-state index contributed by atoms with van der Waals surface area (Å²) < 4.78 is 12.6. The summed E-state index contributed by atoms with van der Waals surface area (Å²) in [6, 6.07) is 7.80. The van der Waals surface area contributed by atoms with E-state index in [1.54, 1.807) is 5.57 Å². The number of nitrogens with zero attached hydrogens (tertiary/aromatic N) is 1. The van der Waals surface area contributed by atoms with Crippen molar-refractivity contribution in [3.63, 3.8) is 0 Å². The van der Waals surface area contributed by atoms with Gasteiger partial charge in [0.05, 0.1) is 18.4 Å². The third-order valence-corrected chi connectivity index (χ3v) is 9.59. The molecule has 0 saturated heterocycles. The van der Waals surface area contributed by atoms with Crippen molar-refractivity contribution >= 4 is 17.6 Å². The third kappa shape index (κ3) is 3.82. The third-order valence-electron chi connectivity index (χ3n) is 9.59. The van der Waals surface area contributed by atoms with Crippen LogP contribution in [0, 0.1) is 17.3 Å². The number of carbonyl (C=O) groups is 1. The first-order valence-corrected chi connectivity index (χ1v) is 13.5. The van der Waals surface area contributed by atoms with Crippen LogP contribution in [0.4, 0.5) is 0 Å². The van der Waals surface area contributed by atoms with E-state index in [9.17, 15) is 10.0 Å². The number of rotatable bonds is 7. The van der Waals surface area contributed by atoms with Gasteiger partial charge in [-0.05, 0) is 87.3 Å². The minimum absolute atomic E-state index is 0.117. The summed E-state index contributed by atoms with van der Waals surface area (Å²) in [6.07, 6.45) is 9.35. The lowest BCUT2D eigenvalue weighted by Crippen LogP contribution is -2.54. The van der Waals surface area contributed by atoms with Gasteiger partial charge in [-0.3, -0.25) is 4.79 Å². The Balaban J connectivity index is 1.56. The average molecular weight is 478 g/mol. The van der Waals surface area contributed by atoms with Gasteiger partial charge in [0.2, 0.25) is 0 Å². The number of hydrogen-bond acceptors (Lipinski definition) is 5. The van der Waals surface area contributed by atoms with Gasteiger partial charge in [0.15, 0.2) is 5.78 Å². The van der Waals surface area contributed by atoms with Crippen LogP contribution in [0.1, 0.15) is 83.3 Å². The molecule has 1 N–H and O–H groups in total. The van der Waals surface area contributed by atoms with E-state index >= 15 is 0 Å². The van der Waals surface area contributed by atoms with E-state index in [0.29, 0.717) is 24.9 Å². The van der Waals surface area contributed by atoms with Crippen molar-refractivity contribution in [3.05, 3.63) is 52.1 Å². The average Bonchev–Trinajstić information content (AvgIpc) is 3.15. The molecule has 1 aromatic rings. The highest BCUT2D eigenvalue weighted by molar-refractivity contribution is 6.24. The lowest BCUT2D eigenvalue weighted by molar-refractivity contribution is -0.166. The summed E-state index contributed by atoms with van der Waals surface area (Å²) >= 11 is 0. The Bertz CT molecular complexity index is 1090. The second kappa shape index (κ2) is 9.67. The molecular weight excluding hydrogens is 438 g/mol. The van der Waals surface area contributed by atoms with Crippen molar-refractivity contribution in [1.29, 1.82) is 0 Å². The molecule has 4 aliphatic carbocycles. The van der Waals surface area contributed by atoms with Crippen molar-refractivity contribution in [1.82, 2.24) is 0 Å². The molecule has 0 aromatic heterocycles. The first-order chi connectivity index (χ1) is 17.0. The first kappa shape index (κ1) is 24.5. The second-order valence-electron chi connectivity index (χ2n) is 10.9. The Hall–Kier alpha value is -2.24. The molecule has 0 heterocycles. The van der Waals surface area contributed by atoms with Crippen LogP contribution < -0.4 is 0 Å². The molecule has 5 rings (SSSR count). The van der Waals surface area contributed by atoms with Crippen molar-refractivity contribution in [2.45, 2.75) is 77.7 Å². The van der Waals surface area contributed by atoms with Crippen LogP contribution in [0.2, 0.25) is 0 Å². The van der Waals surface area contributed by atoms with Gasteiger partial charge in [-0.1, -0.05) is 41.9 Å². The first-order valence-electron chi connectivity index (χ1n) is 13.5. The highest BCUT2D eigenvalue weighted by Crippen LogP contribution is 2.65. The maximum absolute atomic E-state index is 13.2. The van der Waals surface area contributed by atoms with E-state index in [1.165, 1.54) is 23.8 Å². The largest absolute Gasteiger partial charge is 0.411 e. The summed E-state index contributed by atoms with van der Waals surface area (Å²) in [5.41, 5.74) is 6.78. The van der Waals surface area contributed by atoms with Crippen molar-refractivity contribution in [3.8, 4) is 0 Å². The molecule has 0 unspecified atom stereocenters. The molecule has 2 fully saturated rings. The smallest absolute Gasteiger partial charge is 0.164 e. The quantitative estimate of drug-likeness (QED) is 0.283. The van der Waals surface area contributed by atoms with Gasteiger partial charge < -0.3 is 14.7 Å². The highest BCUT2D eigenvalue weighted by Gasteiger charge is 2.62. The molecule has 5 heteroatoms. The summed E-state index contributed by atoms with van der Waals surface area (Å²) in [4.78, 5) is 13.2. The molecular formula is C30H39NO4. The van der Waals surface area contributed by atoms with Gasteiger partial charge in [0.1, 0.15) is 0 Å². The normalized spacial score (nSPS) is 32.7. The molecule has 188 valence electrons. The Labute approximate surface area is 209 Å². The molecule has 0 bridgehead atoms. The zero-order valence-electron chi connectivity index (χ0n) is 21.4. The van der Waals surface area contributed by atoms with Gasteiger partial charge in [-0.15, -0.1) is 0 Å². The number of hydrogen-bond donors (Lipinski definition) is 1. The molecule has 4 aliphatic rings. The van der Waals surface area contributed by atoms with Gasteiger partial charge in [-0.2, -0.15) is 0 Å². The van der Waals surface area contributed by atoms with E-state index in [2.05, 4.69) is 25.9 Å². The fourth-order valence-corrected chi connectivity index (χ4v) is 8.00. The number of ketones is 1. The van der Waals surface area contributed by atoms with E-state index < -0.39 is 0 Å². The fourth-order valence-electron chi connectivity index (χ4n) is 8.00. The molecule has 0 spiro atoms. The lowest BCUT2D eigenvalue weighted by Gasteiger charge is -2.53. The van der Waals surface area contributed by atoms with E-state index in [0.717, 1.165) is 68.4 Å². The van der Waals surface area contributed by atoms with Gasteiger partial charge in [0, 0.05) is 36.2 Å². The van der Waals surface area contributed by atoms with E-state index in [-0.39, 0.29) is 16.8 Å². The van der Waals surface area contributed by atoms with Gasteiger partial charge in [-0.25, -0.2) is 0 Å². The minimum Gasteiger partial charge on any atom is -0.411 e. The number of carbonyl (C=O) groups excluding carboxylic acids is 1. The van der Waals surface area contributed by atoms with Crippen LogP contribution in [-0.4, -0.2) is 42.6 Å². The number of oxime groups is 1. The summed E-state index contributed by atoms with van der Waals surface area (Å²) in [5.74, 6) is 1.39.